The quantitative estimate of drug-likeness (QED) is 0.745. The van der Waals surface area contributed by atoms with Crippen LogP contribution >= 0.6 is 11.3 Å². The Morgan fingerprint density at radius 3 is 2.41 bits per heavy atom. The molecule has 0 aliphatic heterocycles. The molecule has 0 atom stereocenters. The highest BCUT2D eigenvalue weighted by Gasteiger charge is 2.19. The highest BCUT2D eigenvalue weighted by molar-refractivity contribution is 7.13. The average molecular weight is 246 g/mol. The van der Waals surface area contributed by atoms with Crippen LogP contribution in [0, 0.1) is 0 Å². The Balaban J connectivity index is 2.53. The van der Waals surface area contributed by atoms with Crippen molar-refractivity contribution in [3.63, 3.8) is 0 Å². The van der Waals surface area contributed by atoms with Crippen molar-refractivity contribution in [2.45, 2.75) is 26.2 Å². The predicted molar refractivity (Wildman–Crippen MR) is 75.0 cm³/mol. The minimum absolute atomic E-state index is 0.0958. The molecule has 2 aromatic rings. The number of hydrogen-bond acceptors (Lipinski definition) is 2. The van der Waals surface area contributed by atoms with Crippen LogP contribution in [-0.4, -0.2) is 7.11 Å². The van der Waals surface area contributed by atoms with Crippen LogP contribution in [0.15, 0.2) is 35.7 Å². The Labute approximate surface area is 107 Å². The van der Waals surface area contributed by atoms with Gasteiger partial charge in [0.15, 0.2) is 0 Å². The summed E-state index contributed by atoms with van der Waals surface area (Å²) in [5, 5.41) is 2.11. The molecular formula is C15H18OS. The molecule has 0 bridgehead atoms. The van der Waals surface area contributed by atoms with Crippen molar-refractivity contribution in [3.8, 4) is 16.2 Å². The lowest BCUT2D eigenvalue weighted by Gasteiger charge is -2.22. The number of methoxy groups -OCH3 is 1. The SMILES string of the molecule is COc1ccc(-c2cccs2)cc1C(C)(C)C. The molecule has 0 unspecified atom stereocenters. The molecule has 0 saturated heterocycles. The monoisotopic (exact) mass is 246 g/mol. The van der Waals surface area contributed by atoms with Gasteiger partial charge >= 0.3 is 0 Å². The fourth-order valence-corrected chi connectivity index (χ4v) is 2.61. The van der Waals surface area contributed by atoms with Crippen LogP contribution in [0.4, 0.5) is 0 Å². The Morgan fingerprint density at radius 1 is 1.12 bits per heavy atom. The minimum atomic E-state index is 0.0958. The van der Waals surface area contributed by atoms with E-state index in [1.807, 2.05) is 0 Å². The van der Waals surface area contributed by atoms with Gasteiger partial charge in [-0.2, -0.15) is 0 Å². The first-order chi connectivity index (χ1) is 8.02. The van der Waals surface area contributed by atoms with Gasteiger partial charge in [0, 0.05) is 10.4 Å². The Kier molecular flexibility index (Phi) is 3.25. The van der Waals surface area contributed by atoms with Crippen LogP contribution in [-0.2, 0) is 5.41 Å². The summed E-state index contributed by atoms with van der Waals surface area (Å²) in [5.74, 6) is 0.970. The third-order valence-corrected chi connectivity index (χ3v) is 3.73. The Hall–Kier alpha value is -1.28. The number of benzene rings is 1. The zero-order valence-corrected chi connectivity index (χ0v) is 11.6. The molecule has 0 saturated carbocycles. The van der Waals surface area contributed by atoms with Crippen LogP contribution in [0.25, 0.3) is 10.4 Å². The number of rotatable bonds is 2. The van der Waals surface area contributed by atoms with Crippen molar-refractivity contribution in [1.82, 2.24) is 0 Å². The van der Waals surface area contributed by atoms with Gasteiger partial charge < -0.3 is 4.74 Å². The van der Waals surface area contributed by atoms with Crippen molar-refractivity contribution in [1.29, 1.82) is 0 Å². The van der Waals surface area contributed by atoms with Gasteiger partial charge in [-0.1, -0.05) is 26.8 Å². The Bertz CT molecular complexity index is 492. The van der Waals surface area contributed by atoms with E-state index < -0.39 is 0 Å². The standard InChI is InChI=1S/C15H18OS/c1-15(2,3)12-10-11(7-8-13(12)16-4)14-6-5-9-17-14/h5-10H,1-4H3. The lowest BCUT2D eigenvalue weighted by atomic mass is 9.85. The van der Waals surface area contributed by atoms with E-state index in [9.17, 15) is 0 Å². The molecule has 90 valence electrons. The summed E-state index contributed by atoms with van der Waals surface area (Å²) in [6.07, 6.45) is 0. The van der Waals surface area contributed by atoms with Gasteiger partial charge in [-0.05, 0) is 40.6 Å². The van der Waals surface area contributed by atoms with Crippen LogP contribution in [0.1, 0.15) is 26.3 Å². The smallest absolute Gasteiger partial charge is 0.122 e. The molecule has 0 radical (unpaired) electrons. The second kappa shape index (κ2) is 4.53. The third-order valence-electron chi connectivity index (χ3n) is 2.81. The third kappa shape index (κ3) is 2.52. The van der Waals surface area contributed by atoms with E-state index in [0.29, 0.717) is 0 Å². The van der Waals surface area contributed by atoms with Gasteiger partial charge in [0.2, 0.25) is 0 Å². The van der Waals surface area contributed by atoms with E-state index in [2.05, 4.69) is 56.5 Å². The Morgan fingerprint density at radius 2 is 1.88 bits per heavy atom. The molecule has 0 spiro atoms. The molecule has 0 aliphatic carbocycles. The first-order valence-electron chi connectivity index (χ1n) is 5.75. The van der Waals surface area contributed by atoms with Crippen LogP contribution in [0.2, 0.25) is 0 Å². The first-order valence-corrected chi connectivity index (χ1v) is 6.63. The van der Waals surface area contributed by atoms with E-state index in [1.165, 1.54) is 16.0 Å². The molecule has 1 aromatic carbocycles. The maximum atomic E-state index is 5.45. The summed E-state index contributed by atoms with van der Waals surface area (Å²) in [5.41, 5.74) is 2.62. The van der Waals surface area contributed by atoms with Crippen LogP contribution in [0.3, 0.4) is 0 Å². The fourth-order valence-electron chi connectivity index (χ4n) is 1.89. The number of thiophene rings is 1. The van der Waals surface area contributed by atoms with Crippen LogP contribution in [0.5, 0.6) is 5.75 Å². The predicted octanol–water partition coefficient (Wildman–Crippen LogP) is 4.72. The van der Waals surface area contributed by atoms with Gasteiger partial charge in [-0.25, -0.2) is 0 Å². The highest BCUT2D eigenvalue weighted by Crippen LogP contribution is 2.35. The number of ether oxygens (including phenoxy) is 1. The lowest BCUT2D eigenvalue weighted by Crippen LogP contribution is -2.12. The molecule has 0 fully saturated rings. The topological polar surface area (TPSA) is 9.23 Å². The molecule has 17 heavy (non-hydrogen) atoms. The molecule has 0 amide bonds. The molecule has 1 aromatic heterocycles. The minimum Gasteiger partial charge on any atom is -0.496 e. The van der Waals surface area contributed by atoms with Crippen LogP contribution < -0.4 is 4.74 Å². The molecule has 2 heteroatoms. The second-order valence-electron chi connectivity index (χ2n) is 5.14. The zero-order valence-electron chi connectivity index (χ0n) is 10.8. The van der Waals surface area contributed by atoms with Gasteiger partial charge in [-0.3, -0.25) is 0 Å². The maximum Gasteiger partial charge on any atom is 0.122 e. The highest BCUT2D eigenvalue weighted by atomic mass is 32.1. The van der Waals surface area contributed by atoms with Gasteiger partial charge in [0.25, 0.3) is 0 Å². The van der Waals surface area contributed by atoms with E-state index >= 15 is 0 Å². The molecule has 1 heterocycles. The fraction of sp³-hybridized carbons (Fsp3) is 0.333. The van der Waals surface area contributed by atoms with Crippen molar-refractivity contribution in [2.75, 3.05) is 7.11 Å². The molecule has 2 rings (SSSR count). The first kappa shape index (κ1) is 12.2. The molecule has 0 aliphatic rings. The van der Waals surface area contributed by atoms with Gasteiger partial charge in [0.1, 0.15) is 5.75 Å². The summed E-state index contributed by atoms with van der Waals surface area (Å²) in [6, 6.07) is 10.7. The number of hydrogen-bond donors (Lipinski definition) is 0. The van der Waals surface area contributed by atoms with Crippen molar-refractivity contribution < 1.29 is 4.74 Å². The summed E-state index contributed by atoms with van der Waals surface area (Å²) in [7, 11) is 1.73. The maximum absolute atomic E-state index is 5.45. The molecule has 0 N–H and O–H groups in total. The van der Waals surface area contributed by atoms with E-state index in [0.717, 1.165) is 5.75 Å². The van der Waals surface area contributed by atoms with Crippen molar-refractivity contribution in [3.05, 3.63) is 41.3 Å². The molecule has 1 nitrogen and oxygen atoms in total. The second-order valence-corrected chi connectivity index (χ2v) is 6.09. The summed E-state index contributed by atoms with van der Waals surface area (Å²) in [6.45, 7) is 6.63. The van der Waals surface area contributed by atoms with Crippen molar-refractivity contribution >= 4 is 11.3 Å². The average Bonchev–Trinajstić information content (AvgIpc) is 2.80. The van der Waals surface area contributed by atoms with E-state index in [1.54, 1.807) is 18.4 Å². The van der Waals surface area contributed by atoms with Crippen molar-refractivity contribution in [2.24, 2.45) is 0 Å². The summed E-state index contributed by atoms with van der Waals surface area (Å²) in [4.78, 5) is 1.30. The zero-order chi connectivity index (χ0) is 12.5. The van der Waals surface area contributed by atoms with E-state index in [-0.39, 0.29) is 5.41 Å². The summed E-state index contributed by atoms with van der Waals surface area (Å²) < 4.78 is 5.45. The normalized spacial score (nSPS) is 11.5. The van der Waals surface area contributed by atoms with Gasteiger partial charge in [-0.15, -0.1) is 11.3 Å². The lowest BCUT2D eigenvalue weighted by molar-refractivity contribution is 0.397. The van der Waals surface area contributed by atoms with Gasteiger partial charge in [0.05, 0.1) is 7.11 Å². The van der Waals surface area contributed by atoms with E-state index in [4.69, 9.17) is 4.74 Å². The summed E-state index contributed by atoms with van der Waals surface area (Å²) >= 11 is 1.77. The molecular weight excluding hydrogens is 228 g/mol. The largest absolute Gasteiger partial charge is 0.496 e.